The number of benzene rings is 1. The molecular formula is C23H37N5O2. The number of ether oxygens (including phenoxy) is 1. The summed E-state index contributed by atoms with van der Waals surface area (Å²) in [6.45, 7) is 12.8. The first-order valence-corrected chi connectivity index (χ1v) is 11.2. The molecule has 166 valence electrons. The maximum atomic E-state index is 12.7. The molecule has 30 heavy (non-hydrogen) atoms. The van der Waals surface area contributed by atoms with E-state index in [2.05, 4.69) is 52.2 Å². The summed E-state index contributed by atoms with van der Waals surface area (Å²) >= 11 is 0. The zero-order chi connectivity index (χ0) is 21.5. The van der Waals surface area contributed by atoms with Crippen LogP contribution in [0.25, 0.3) is 0 Å². The number of hydrogen-bond acceptors (Lipinski definition) is 4. The van der Waals surface area contributed by atoms with Crippen LogP contribution in [0.2, 0.25) is 0 Å². The van der Waals surface area contributed by atoms with Crippen molar-refractivity contribution in [3.8, 4) is 5.75 Å². The molecule has 2 aliphatic heterocycles. The van der Waals surface area contributed by atoms with Gasteiger partial charge in [0.05, 0.1) is 12.6 Å². The number of carbonyl (C=O) groups excluding carboxylic acids is 1. The number of guanidine groups is 1. The monoisotopic (exact) mass is 415 g/mol. The lowest BCUT2D eigenvalue weighted by atomic mass is 10.1. The first kappa shape index (κ1) is 22.4. The fourth-order valence-electron chi connectivity index (χ4n) is 4.35. The molecule has 7 heteroatoms. The van der Waals surface area contributed by atoms with Gasteiger partial charge < -0.3 is 19.9 Å². The normalized spacial score (nSPS) is 19.1. The zero-order valence-electron chi connectivity index (χ0n) is 19.0. The summed E-state index contributed by atoms with van der Waals surface area (Å²) in [5, 5.41) is 3.42. The standard InChI is InChI=1S/C23H37N5O2/c1-18-8-7-9-19(2)21(18)30-17-10-25-23(24-4)28-15-13-26(14-16-28)20(3)22(29)27-11-5-6-12-27/h7-9,20H,5-6,10-17H2,1-4H3,(H,24,25). The third-order valence-corrected chi connectivity index (χ3v) is 6.19. The van der Waals surface area contributed by atoms with E-state index in [9.17, 15) is 4.79 Å². The molecule has 0 aromatic heterocycles. The van der Waals surface area contributed by atoms with Crippen LogP contribution in [0, 0.1) is 13.8 Å². The number of nitrogens with one attached hydrogen (secondary N) is 1. The van der Waals surface area contributed by atoms with E-state index < -0.39 is 0 Å². The number of carbonyl (C=O) groups is 1. The quantitative estimate of drug-likeness (QED) is 0.437. The van der Waals surface area contributed by atoms with E-state index in [0.29, 0.717) is 13.2 Å². The Hall–Kier alpha value is -2.28. The van der Waals surface area contributed by atoms with Crippen molar-refractivity contribution in [3.63, 3.8) is 0 Å². The van der Waals surface area contributed by atoms with Crippen molar-refractivity contribution >= 4 is 11.9 Å². The largest absolute Gasteiger partial charge is 0.491 e. The highest BCUT2D eigenvalue weighted by molar-refractivity contribution is 5.82. The maximum absolute atomic E-state index is 12.7. The van der Waals surface area contributed by atoms with Gasteiger partial charge in [0.1, 0.15) is 12.4 Å². The molecular weight excluding hydrogens is 378 g/mol. The number of likely N-dealkylation sites (tertiary alicyclic amines) is 1. The van der Waals surface area contributed by atoms with Crippen LogP contribution in [0.3, 0.4) is 0 Å². The van der Waals surface area contributed by atoms with Gasteiger partial charge in [0.15, 0.2) is 5.96 Å². The summed E-state index contributed by atoms with van der Waals surface area (Å²) in [7, 11) is 1.82. The van der Waals surface area contributed by atoms with Crippen molar-refractivity contribution in [2.45, 2.75) is 39.7 Å². The van der Waals surface area contributed by atoms with Crippen LogP contribution in [-0.2, 0) is 4.79 Å². The van der Waals surface area contributed by atoms with Gasteiger partial charge in [0, 0.05) is 46.3 Å². The molecule has 2 aliphatic rings. The van der Waals surface area contributed by atoms with E-state index in [1.165, 1.54) is 0 Å². The smallest absolute Gasteiger partial charge is 0.239 e. The fourth-order valence-corrected chi connectivity index (χ4v) is 4.35. The fraction of sp³-hybridized carbons (Fsp3) is 0.652. The minimum absolute atomic E-state index is 0.0361. The molecule has 1 aromatic carbocycles. The number of rotatable bonds is 6. The minimum Gasteiger partial charge on any atom is -0.491 e. The average molecular weight is 416 g/mol. The van der Waals surface area contributed by atoms with Gasteiger partial charge in [-0.2, -0.15) is 0 Å². The molecule has 2 saturated heterocycles. The minimum atomic E-state index is -0.0361. The van der Waals surface area contributed by atoms with Gasteiger partial charge in [-0.25, -0.2) is 0 Å². The molecule has 0 aliphatic carbocycles. The van der Waals surface area contributed by atoms with Crippen molar-refractivity contribution in [2.24, 2.45) is 4.99 Å². The molecule has 1 unspecified atom stereocenters. The highest BCUT2D eigenvalue weighted by atomic mass is 16.5. The number of aryl methyl sites for hydroxylation is 2. The lowest BCUT2D eigenvalue weighted by Crippen LogP contribution is -2.57. The van der Waals surface area contributed by atoms with E-state index in [1.54, 1.807) is 0 Å². The highest BCUT2D eigenvalue weighted by Crippen LogP contribution is 2.22. The number of para-hydroxylation sites is 1. The van der Waals surface area contributed by atoms with Crippen molar-refractivity contribution in [2.75, 3.05) is 59.5 Å². The summed E-state index contributed by atoms with van der Waals surface area (Å²) in [5.74, 6) is 2.16. The van der Waals surface area contributed by atoms with E-state index in [1.807, 2.05) is 18.9 Å². The number of aliphatic imine (C=N–C) groups is 1. The van der Waals surface area contributed by atoms with E-state index in [4.69, 9.17) is 4.74 Å². The Morgan fingerprint density at radius 3 is 2.30 bits per heavy atom. The van der Waals surface area contributed by atoms with Crippen LogP contribution in [0.5, 0.6) is 5.75 Å². The Kier molecular flexibility index (Phi) is 7.96. The van der Waals surface area contributed by atoms with Gasteiger partial charge in [0.2, 0.25) is 5.91 Å². The van der Waals surface area contributed by atoms with Crippen LogP contribution in [0.4, 0.5) is 0 Å². The maximum Gasteiger partial charge on any atom is 0.239 e. The van der Waals surface area contributed by atoms with Crippen LogP contribution >= 0.6 is 0 Å². The molecule has 1 N–H and O–H groups in total. The molecule has 1 atom stereocenters. The second-order valence-corrected chi connectivity index (χ2v) is 8.27. The molecule has 0 radical (unpaired) electrons. The van der Waals surface area contributed by atoms with E-state index >= 15 is 0 Å². The molecule has 3 rings (SSSR count). The SMILES string of the molecule is CN=C(NCCOc1c(C)cccc1C)N1CCN(C(C)C(=O)N2CCCC2)CC1. The Morgan fingerprint density at radius 1 is 1.07 bits per heavy atom. The van der Waals surface area contributed by atoms with E-state index in [0.717, 1.165) is 74.9 Å². The third kappa shape index (κ3) is 5.45. The number of amides is 1. The molecule has 2 fully saturated rings. The Balaban J connectivity index is 1.42. The highest BCUT2D eigenvalue weighted by Gasteiger charge is 2.30. The Labute approximate surface area is 181 Å². The molecule has 7 nitrogen and oxygen atoms in total. The van der Waals surface area contributed by atoms with Crippen molar-refractivity contribution in [1.82, 2.24) is 20.0 Å². The van der Waals surface area contributed by atoms with Crippen LogP contribution in [-0.4, -0.2) is 92.1 Å². The van der Waals surface area contributed by atoms with Gasteiger partial charge in [-0.1, -0.05) is 18.2 Å². The summed E-state index contributed by atoms with van der Waals surface area (Å²) in [5.41, 5.74) is 2.32. The molecule has 0 spiro atoms. The summed E-state index contributed by atoms with van der Waals surface area (Å²) in [6.07, 6.45) is 2.28. The number of piperazine rings is 1. The lowest BCUT2D eigenvalue weighted by Gasteiger charge is -2.39. The summed E-state index contributed by atoms with van der Waals surface area (Å²) < 4.78 is 5.99. The zero-order valence-corrected chi connectivity index (χ0v) is 19.0. The third-order valence-electron chi connectivity index (χ3n) is 6.19. The molecule has 1 aromatic rings. The predicted octanol–water partition coefficient (Wildman–Crippen LogP) is 1.89. The summed E-state index contributed by atoms with van der Waals surface area (Å²) in [6, 6.07) is 6.16. The topological polar surface area (TPSA) is 60.4 Å². The lowest BCUT2D eigenvalue weighted by molar-refractivity contribution is -0.135. The average Bonchev–Trinajstić information content (AvgIpc) is 3.30. The number of nitrogens with zero attached hydrogens (tertiary/aromatic N) is 4. The van der Waals surface area contributed by atoms with Gasteiger partial charge in [-0.05, 0) is 44.7 Å². The second kappa shape index (κ2) is 10.7. The van der Waals surface area contributed by atoms with Crippen LogP contribution in [0.15, 0.2) is 23.2 Å². The van der Waals surface area contributed by atoms with Gasteiger partial charge in [-0.15, -0.1) is 0 Å². The first-order chi connectivity index (χ1) is 14.5. The van der Waals surface area contributed by atoms with Gasteiger partial charge >= 0.3 is 0 Å². The van der Waals surface area contributed by atoms with Crippen molar-refractivity contribution < 1.29 is 9.53 Å². The number of hydrogen-bond donors (Lipinski definition) is 1. The molecule has 0 bridgehead atoms. The first-order valence-electron chi connectivity index (χ1n) is 11.2. The van der Waals surface area contributed by atoms with Crippen molar-refractivity contribution in [3.05, 3.63) is 29.3 Å². The van der Waals surface area contributed by atoms with Gasteiger partial charge in [0.25, 0.3) is 0 Å². The Morgan fingerprint density at radius 2 is 1.70 bits per heavy atom. The van der Waals surface area contributed by atoms with Crippen molar-refractivity contribution in [1.29, 1.82) is 0 Å². The second-order valence-electron chi connectivity index (χ2n) is 8.27. The summed E-state index contributed by atoms with van der Waals surface area (Å²) in [4.78, 5) is 23.7. The van der Waals surface area contributed by atoms with Crippen LogP contribution in [0.1, 0.15) is 30.9 Å². The predicted molar refractivity (Wildman–Crippen MR) is 121 cm³/mol. The molecule has 0 saturated carbocycles. The molecule has 2 heterocycles. The van der Waals surface area contributed by atoms with Gasteiger partial charge in [-0.3, -0.25) is 14.7 Å². The van der Waals surface area contributed by atoms with Crippen LogP contribution < -0.4 is 10.1 Å². The van der Waals surface area contributed by atoms with E-state index in [-0.39, 0.29) is 11.9 Å². The molecule has 1 amide bonds. The Bertz CT molecular complexity index is 717.